The van der Waals surface area contributed by atoms with E-state index < -0.39 is 9.84 Å². The number of hydrogen-bond acceptors (Lipinski definition) is 4. The van der Waals surface area contributed by atoms with Gasteiger partial charge in [0.2, 0.25) is 0 Å². The second kappa shape index (κ2) is 4.93. The zero-order chi connectivity index (χ0) is 9.73. The Kier molecular flexibility index (Phi) is 4.15. The van der Waals surface area contributed by atoms with Gasteiger partial charge in [0.15, 0.2) is 9.84 Å². The molecule has 78 valence electrons. The van der Waals surface area contributed by atoms with E-state index in [4.69, 9.17) is 4.74 Å². The maximum atomic E-state index is 11.1. The van der Waals surface area contributed by atoms with Crippen molar-refractivity contribution in [3.63, 3.8) is 0 Å². The Morgan fingerprint density at radius 1 is 1.54 bits per heavy atom. The monoisotopic (exact) mass is 207 g/mol. The van der Waals surface area contributed by atoms with Gasteiger partial charge in [-0.05, 0) is 19.4 Å². The predicted molar refractivity (Wildman–Crippen MR) is 51.6 cm³/mol. The van der Waals surface area contributed by atoms with E-state index in [-0.39, 0.29) is 6.04 Å². The lowest BCUT2D eigenvalue weighted by atomic mass is 10.2. The summed E-state index contributed by atoms with van der Waals surface area (Å²) >= 11 is 0. The highest BCUT2D eigenvalue weighted by Crippen LogP contribution is 2.10. The van der Waals surface area contributed by atoms with E-state index in [1.54, 1.807) is 7.11 Å². The Labute approximate surface area is 79.6 Å². The molecular formula is C8H17NO3S. The molecule has 0 amide bonds. The zero-order valence-corrected chi connectivity index (χ0v) is 8.77. The van der Waals surface area contributed by atoms with Gasteiger partial charge < -0.3 is 10.1 Å². The maximum Gasteiger partial charge on any atom is 0.151 e. The molecule has 1 aliphatic rings. The number of nitrogens with one attached hydrogen (secondary N) is 1. The molecule has 0 aromatic carbocycles. The summed E-state index contributed by atoms with van der Waals surface area (Å²) in [5, 5.41) is 3.21. The molecule has 0 radical (unpaired) electrons. The Morgan fingerprint density at radius 2 is 2.31 bits per heavy atom. The molecule has 0 bridgehead atoms. The summed E-state index contributed by atoms with van der Waals surface area (Å²) in [6.45, 7) is 1.57. The third-order valence-electron chi connectivity index (χ3n) is 2.19. The lowest BCUT2D eigenvalue weighted by molar-refractivity contribution is 0.193. The number of ether oxygens (including phenoxy) is 1. The fourth-order valence-corrected chi connectivity index (χ4v) is 3.19. The minimum absolute atomic E-state index is 0.168. The van der Waals surface area contributed by atoms with Crippen LogP contribution in [0.1, 0.15) is 12.8 Å². The van der Waals surface area contributed by atoms with E-state index in [1.165, 1.54) is 0 Å². The first kappa shape index (κ1) is 10.9. The van der Waals surface area contributed by atoms with E-state index in [0.29, 0.717) is 11.5 Å². The van der Waals surface area contributed by atoms with E-state index >= 15 is 0 Å². The highest BCUT2D eigenvalue weighted by Gasteiger charge is 2.26. The van der Waals surface area contributed by atoms with Gasteiger partial charge in [-0.25, -0.2) is 8.42 Å². The summed E-state index contributed by atoms with van der Waals surface area (Å²) in [7, 11) is -1.07. The fourth-order valence-electron chi connectivity index (χ4n) is 1.48. The molecule has 0 saturated carbocycles. The van der Waals surface area contributed by atoms with Gasteiger partial charge >= 0.3 is 0 Å². The van der Waals surface area contributed by atoms with Crippen LogP contribution in [0.4, 0.5) is 0 Å². The highest BCUT2D eigenvalue weighted by molar-refractivity contribution is 7.91. The third-order valence-corrected chi connectivity index (χ3v) is 3.96. The van der Waals surface area contributed by atoms with Crippen LogP contribution in [0, 0.1) is 0 Å². The summed E-state index contributed by atoms with van der Waals surface area (Å²) in [6, 6.07) is 0.168. The van der Waals surface area contributed by atoms with Crippen LogP contribution < -0.4 is 5.32 Å². The lowest BCUT2D eigenvalue weighted by Crippen LogP contribution is -2.31. The van der Waals surface area contributed by atoms with Gasteiger partial charge in [-0.2, -0.15) is 0 Å². The quantitative estimate of drug-likeness (QED) is 0.634. The molecule has 0 aliphatic carbocycles. The fraction of sp³-hybridized carbons (Fsp3) is 1.00. The van der Waals surface area contributed by atoms with Crippen molar-refractivity contribution in [1.82, 2.24) is 5.32 Å². The molecular weight excluding hydrogens is 190 g/mol. The number of sulfone groups is 1. The van der Waals surface area contributed by atoms with Gasteiger partial charge in [-0.1, -0.05) is 0 Å². The van der Waals surface area contributed by atoms with Crippen LogP contribution in [0.25, 0.3) is 0 Å². The smallest absolute Gasteiger partial charge is 0.151 e. The van der Waals surface area contributed by atoms with Crippen LogP contribution in [0.2, 0.25) is 0 Å². The second-order valence-corrected chi connectivity index (χ2v) is 5.63. The first-order valence-electron chi connectivity index (χ1n) is 4.57. The molecule has 0 spiro atoms. The van der Waals surface area contributed by atoms with E-state index in [0.717, 1.165) is 26.0 Å². The summed E-state index contributed by atoms with van der Waals surface area (Å²) in [5.41, 5.74) is 0. The van der Waals surface area contributed by atoms with Gasteiger partial charge in [0.25, 0.3) is 0 Å². The predicted octanol–water partition coefficient (Wildman–Crippen LogP) is -0.200. The molecule has 1 unspecified atom stereocenters. The van der Waals surface area contributed by atoms with E-state index in [9.17, 15) is 8.42 Å². The Balaban J connectivity index is 2.11. The summed E-state index contributed by atoms with van der Waals surface area (Å²) in [5.74, 6) is 0.648. The van der Waals surface area contributed by atoms with E-state index in [2.05, 4.69) is 5.32 Å². The van der Waals surface area contributed by atoms with Gasteiger partial charge in [0.05, 0.1) is 11.5 Å². The average molecular weight is 207 g/mol. The van der Waals surface area contributed by atoms with Crippen LogP contribution in [0.5, 0.6) is 0 Å². The summed E-state index contributed by atoms with van der Waals surface area (Å²) in [6.07, 6.45) is 1.70. The SMILES string of the molecule is COCCCNC1CCS(=O)(=O)C1. The van der Waals surface area contributed by atoms with Crippen molar-refractivity contribution in [1.29, 1.82) is 0 Å². The minimum Gasteiger partial charge on any atom is -0.385 e. The zero-order valence-electron chi connectivity index (χ0n) is 7.95. The molecule has 1 heterocycles. The van der Waals surface area contributed by atoms with Crippen molar-refractivity contribution in [2.75, 3.05) is 31.8 Å². The van der Waals surface area contributed by atoms with Crippen LogP contribution >= 0.6 is 0 Å². The van der Waals surface area contributed by atoms with Crippen LogP contribution in [0.15, 0.2) is 0 Å². The molecule has 1 rings (SSSR count). The normalized spacial score (nSPS) is 26.4. The van der Waals surface area contributed by atoms with Gasteiger partial charge in [0.1, 0.15) is 0 Å². The van der Waals surface area contributed by atoms with Crippen molar-refractivity contribution in [3.05, 3.63) is 0 Å². The number of hydrogen-bond donors (Lipinski definition) is 1. The largest absolute Gasteiger partial charge is 0.385 e. The summed E-state index contributed by atoms with van der Waals surface area (Å²) in [4.78, 5) is 0. The molecule has 1 N–H and O–H groups in total. The van der Waals surface area contributed by atoms with Crippen molar-refractivity contribution in [3.8, 4) is 0 Å². The highest BCUT2D eigenvalue weighted by atomic mass is 32.2. The maximum absolute atomic E-state index is 11.1. The molecule has 1 aliphatic heterocycles. The third kappa shape index (κ3) is 4.06. The van der Waals surface area contributed by atoms with Crippen molar-refractivity contribution in [2.24, 2.45) is 0 Å². The summed E-state index contributed by atoms with van der Waals surface area (Å²) < 4.78 is 27.0. The van der Waals surface area contributed by atoms with Gasteiger partial charge in [-0.15, -0.1) is 0 Å². The molecule has 0 aromatic rings. The van der Waals surface area contributed by atoms with Crippen LogP contribution in [-0.2, 0) is 14.6 Å². The average Bonchev–Trinajstić information content (AvgIpc) is 2.40. The minimum atomic E-state index is -2.73. The van der Waals surface area contributed by atoms with Gasteiger partial charge in [0, 0.05) is 19.8 Å². The second-order valence-electron chi connectivity index (χ2n) is 3.40. The molecule has 13 heavy (non-hydrogen) atoms. The molecule has 4 nitrogen and oxygen atoms in total. The van der Waals surface area contributed by atoms with Crippen molar-refractivity contribution < 1.29 is 13.2 Å². The first-order valence-corrected chi connectivity index (χ1v) is 6.39. The first-order chi connectivity index (χ1) is 6.14. The molecule has 1 saturated heterocycles. The van der Waals surface area contributed by atoms with E-state index in [1.807, 2.05) is 0 Å². The molecule has 5 heteroatoms. The van der Waals surface area contributed by atoms with Crippen LogP contribution in [-0.4, -0.2) is 46.2 Å². The number of methoxy groups -OCH3 is 1. The van der Waals surface area contributed by atoms with Crippen molar-refractivity contribution in [2.45, 2.75) is 18.9 Å². The van der Waals surface area contributed by atoms with Crippen LogP contribution in [0.3, 0.4) is 0 Å². The Hall–Kier alpha value is -0.130. The topological polar surface area (TPSA) is 55.4 Å². The lowest BCUT2D eigenvalue weighted by Gasteiger charge is -2.09. The van der Waals surface area contributed by atoms with Gasteiger partial charge in [-0.3, -0.25) is 0 Å². The molecule has 1 atom stereocenters. The molecule has 0 aromatic heterocycles. The Morgan fingerprint density at radius 3 is 2.85 bits per heavy atom. The Bertz CT molecular complexity index is 238. The molecule has 1 fully saturated rings. The standard InChI is InChI=1S/C8H17NO3S/c1-12-5-2-4-9-8-3-6-13(10,11)7-8/h8-9H,2-7H2,1H3. The van der Waals surface area contributed by atoms with Crippen molar-refractivity contribution >= 4 is 9.84 Å². The number of rotatable bonds is 5.